The van der Waals surface area contributed by atoms with Crippen molar-refractivity contribution < 1.29 is 9.50 Å². The van der Waals surface area contributed by atoms with E-state index in [1.165, 1.54) is 0 Å². The van der Waals surface area contributed by atoms with E-state index in [0.29, 0.717) is 40.1 Å². The van der Waals surface area contributed by atoms with Crippen LogP contribution in [0.15, 0.2) is 28.7 Å². The van der Waals surface area contributed by atoms with Crippen LogP contribution in [-0.4, -0.2) is 41.3 Å². The van der Waals surface area contributed by atoms with Crippen LogP contribution in [0.3, 0.4) is 0 Å². The SMILES string of the molecule is CN1CCC(F)C(c2[nH]c(N)c(/C=C(\N)c3ccccc3O)c2Br)C1. The van der Waals surface area contributed by atoms with Gasteiger partial charge in [0, 0.05) is 46.0 Å². The summed E-state index contributed by atoms with van der Waals surface area (Å²) >= 11 is 3.55. The van der Waals surface area contributed by atoms with Gasteiger partial charge in [0.25, 0.3) is 0 Å². The number of aromatic amines is 1. The van der Waals surface area contributed by atoms with Crippen molar-refractivity contribution in [3.63, 3.8) is 0 Å². The number of phenols is 1. The molecule has 7 heteroatoms. The number of nitrogens with two attached hydrogens (primary N) is 2. The van der Waals surface area contributed by atoms with Gasteiger partial charge in [-0.1, -0.05) is 12.1 Å². The molecule has 0 amide bonds. The molecule has 3 rings (SSSR count). The van der Waals surface area contributed by atoms with Crippen LogP contribution in [0.4, 0.5) is 10.2 Å². The van der Waals surface area contributed by atoms with E-state index in [1.54, 1.807) is 30.3 Å². The number of H-pyrrole nitrogens is 1. The van der Waals surface area contributed by atoms with E-state index in [2.05, 4.69) is 25.8 Å². The molecule has 5 nitrogen and oxygen atoms in total. The van der Waals surface area contributed by atoms with Crippen LogP contribution in [0.1, 0.15) is 29.2 Å². The number of benzene rings is 1. The Hall–Kier alpha value is -1.99. The van der Waals surface area contributed by atoms with Crippen molar-refractivity contribution in [3.05, 3.63) is 45.6 Å². The third-order valence-corrected chi connectivity index (χ3v) is 5.50. The second kappa shape index (κ2) is 7.09. The minimum atomic E-state index is -0.919. The number of likely N-dealkylation sites (N-methyl/N-ethyl adjacent to an activating group) is 1. The summed E-state index contributed by atoms with van der Waals surface area (Å²) in [5.74, 6) is 0.240. The second-order valence-electron chi connectivity index (χ2n) is 6.47. The standard InChI is InChI=1S/C18H22BrFN4O/c1-24-7-6-13(20)12(9-24)17-16(19)11(18(22)23-17)8-14(21)10-4-2-3-5-15(10)25/h2-5,8,12-13,23,25H,6-7,9,21-22H2,1H3/b14-8-. The van der Waals surface area contributed by atoms with Gasteiger partial charge >= 0.3 is 0 Å². The first kappa shape index (κ1) is 17.8. The summed E-state index contributed by atoms with van der Waals surface area (Å²) in [6.45, 7) is 1.37. The lowest BCUT2D eigenvalue weighted by Gasteiger charge is -2.32. The first-order chi connectivity index (χ1) is 11.9. The van der Waals surface area contributed by atoms with Gasteiger partial charge in [-0.3, -0.25) is 0 Å². The van der Waals surface area contributed by atoms with E-state index >= 15 is 0 Å². The van der Waals surface area contributed by atoms with Gasteiger partial charge in [0.1, 0.15) is 17.7 Å². The van der Waals surface area contributed by atoms with Gasteiger partial charge in [-0.2, -0.15) is 0 Å². The summed E-state index contributed by atoms with van der Waals surface area (Å²) in [6, 6.07) is 6.82. The second-order valence-corrected chi connectivity index (χ2v) is 7.26. The molecule has 1 fully saturated rings. The molecule has 2 unspecified atom stereocenters. The van der Waals surface area contributed by atoms with Crippen LogP contribution < -0.4 is 11.5 Å². The number of nitrogens with one attached hydrogen (secondary N) is 1. The van der Waals surface area contributed by atoms with E-state index in [4.69, 9.17) is 11.5 Å². The highest BCUT2D eigenvalue weighted by molar-refractivity contribution is 9.10. The maximum absolute atomic E-state index is 14.4. The number of piperidine rings is 1. The average Bonchev–Trinajstić information content (AvgIpc) is 2.85. The highest BCUT2D eigenvalue weighted by Gasteiger charge is 2.32. The Balaban J connectivity index is 1.97. The van der Waals surface area contributed by atoms with Gasteiger partial charge in [0.05, 0.1) is 0 Å². The molecule has 1 aromatic carbocycles. The zero-order valence-electron chi connectivity index (χ0n) is 14.0. The van der Waals surface area contributed by atoms with Crippen LogP contribution >= 0.6 is 15.9 Å². The summed E-state index contributed by atoms with van der Waals surface area (Å²) in [4.78, 5) is 5.21. The van der Waals surface area contributed by atoms with Gasteiger partial charge in [0.15, 0.2) is 0 Å². The Kier molecular flexibility index (Phi) is 5.06. The fourth-order valence-corrected chi connectivity index (χ4v) is 3.96. The number of hydrogen-bond donors (Lipinski definition) is 4. The first-order valence-corrected chi connectivity index (χ1v) is 8.92. The normalized spacial score (nSPS) is 22.3. The topological polar surface area (TPSA) is 91.3 Å². The highest BCUT2D eigenvalue weighted by Crippen LogP contribution is 2.38. The third-order valence-electron chi connectivity index (χ3n) is 4.65. The number of anilines is 1. The maximum Gasteiger partial charge on any atom is 0.124 e. The molecule has 1 aliphatic rings. The number of phenolic OH excluding ortho intramolecular Hbond substituents is 1. The van der Waals surface area contributed by atoms with Crippen LogP contribution in [0.2, 0.25) is 0 Å². The number of aromatic hydroxyl groups is 1. The molecule has 0 bridgehead atoms. The molecule has 25 heavy (non-hydrogen) atoms. The van der Waals surface area contributed by atoms with Crippen LogP contribution in [0, 0.1) is 0 Å². The van der Waals surface area contributed by atoms with Crippen LogP contribution in [-0.2, 0) is 0 Å². The number of hydrogen-bond acceptors (Lipinski definition) is 4. The summed E-state index contributed by atoms with van der Waals surface area (Å²) in [5, 5.41) is 9.94. The summed E-state index contributed by atoms with van der Waals surface area (Å²) in [6.07, 6.45) is 1.27. The number of rotatable bonds is 3. The molecular weight excluding hydrogens is 387 g/mol. The predicted molar refractivity (Wildman–Crippen MR) is 103 cm³/mol. The van der Waals surface area contributed by atoms with Crippen molar-refractivity contribution in [1.29, 1.82) is 0 Å². The van der Waals surface area contributed by atoms with Crippen molar-refractivity contribution in [2.45, 2.75) is 18.5 Å². The minimum Gasteiger partial charge on any atom is -0.507 e. The van der Waals surface area contributed by atoms with Crippen LogP contribution in [0.5, 0.6) is 5.75 Å². The van der Waals surface area contributed by atoms with Gasteiger partial charge < -0.3 is 26.5 Å². The molecule has 0 saturated carbocycles. The average molecular weight is 409 g/mol. The molecule has 6 N–H and O–H groups in total. The number of nitrogens with zero attached hydrogens (tertiary/aromatic N) is 1. The van der Waals surface area contributed by atoms with Gasteiger partial charge in [-0.15, -0.1) is 0 Å². The molecule has 0 aliphatic carbocycles. The molecule has 134 valence electrons. The molecular formula is C18H22BrFN4O. The Labute approximate surface area is 154 Å². The fourth-order valence-electron chi connectivity index (χ4n) is 3.24. The number of para-hydroxylation sites is 1. The van der Waals surface area contributed by atoms with E-state index in [0.717, 1.165) is 12.2 Å². The van der Waals surface area contributed by atoms with Crippen molar-refractivity contribution in [1.82, 2.24) is 9.88 Å². The Morgan fingerprint density at radius 2 is 2.16 bits per heavy atom. The van der Waals surface area contributed by atoms with E-state index in [9.17, 15) is 9.50 Å². The smallest absolute Gasteiger partial charge is 0.124 e. The largest absolute Gasteiger partial charge is 0.507 e. The Bertz CT molecular complexity index is 804. The first-order valence-electron chi connectivity index (χ1n) is 8.13. The summed E-state index contributed by atoms with van der Waals surface area (Å²) in [7, 11) is 1.98. The van der Waals surface area contributed by atoms with Crippen molar-refractivity contribution >= 4 is 33.5 Å². The minimum absolute atomic E-state index is 0.0967. The number of alkyl halides is 1. The molecule has 2 aromatic rings. The predicted octanol–water partition coefficient (Wildman–Crippen LogP) is 3.28. The summed E-state index contributed by atoms with van der Waals surface area (Å²) in [5.41, 5.74) is 14.6. The molecule has 2 atom stereocenters. The van der Waals surface area contributed by atoms with Crippen LogP contribution in [0.25, 0.3) is 11.8 Å². The monoisotopic (exact) mass is 408 g/mol. The number of likely N-dealkylation sites (tertiary alicyclic amines) is 1. The quantitative estimate of drug-likeness (QED) is 0.626. The van der Waals surface area contributed by atoms with E-state index in [1.807, 2.05) is 7.05 Å². The molecule has 1 saturated heterocycles. The fraction of sp³-hybridized carbons (Fsp3) is 0.333. The molecule has 0 radical (unpaired) electrons. The van der Waals surface area contributed by atoms with Gasteiger partial charge in [0.2, 0.25) is 0 Å². The summed E-state index contributed by atoms with van der Waals surface area (Å²) < 4.78 is 15.1. The number of nitrogen functional groups attached to an aromatic ring is 1. The van der Waals surface area contributed by atoms with E-state index in [-0.39, 0.29) is 11.7 Å². The third kappa shape index (κ3) is 3.52. The Morgan fingerprint density at radius 3 is 2.88 bits per heavy atom. The number of aromatic nitrogens is 1. The van der Waals surface area contributed by atoms with Crippen molar-refractivity contribution in [2.75, 3.05) is 25.9 Å². The van der Waals surface area contributed by atoms with Gasteiger partial charge in [-0.25, -0.2) is 4.39 Å². The lowest BCUT2D eigenvalue weighted by Crippen LogP contribution is -2.38. The van der Waals surface area contributed by atoms with Crippen molar-refractivity contribution in [2.24, 2.45) is 5.73 Å². The molecule has 2 heterocycles. The molecule has 1 aliphatic heterocycles. The lowest BCUT2D eigenvalue weighted by atomic mass is 9.93. The molecule has 0 spiro atoms. The van der Waals surface area contributed by atoms with Gasteiger partial charge in [-0.05, 0) is 47.6 Å². The number of halogens is 2. The maximum atomic E-state index is 14.4. The zero-order valence-corrected chi connectivity index (χ0v) is 15.6. The zero-order chi connectivity index (χ0) is 18.1. The molecule has 1 aromatic heterocycles. The highest BCUT2D eigenvalue weighted by atomic mass is 79.9. The lowest BCUT2D eigenvalue weighted by molar-refractivity contribution is 0.144. The van der Waals surface area contributed by atoms with E-state index < -0.39 is 6.17 Å². The van der Waals surface area contributed by atoms with Crippen molar-refractivity contribution in [3.8, 4) is 5.75 Å². The Morgan fingerprint density at radius 1 is 1.44 bits per heavy atom.